The summed E-state index contributed by atoms with van der Waals surface area (Å²) in [5.41, 5.74) is 3.67. The van der Waals surface area contributed by atoms with E-state index < -0.39 is 15.8 Å². The molecule has 1 fully saturated rings. The van der Waals surface area contributed by atoms with Gasteiger partial charge in [0.15, 0.2) is 0 Å². The lowest BCUT2D eigenvalue weighted by Crippen LogP contribution is -2.49. The highest BCUT2D eigenvalue weighted by Gasteiger charge is 2.44. The molecule has 2 aliphatic heterocycles. The van der Waals surface area contributed by atoms with Crippen molar-refractivity contribution in [2.75, 3.05) is 24.6 Å². The molecular formula is C33H41ClN2O4S. The van der Waals surface area contributed by atoms with Gasteiger partial charge in [-0.2, -0.15) is 0 Å². The Morgan fingerprint density at radius 2 is 2.02 bits per heavy atom. The van der Waals surface area contributed by atoms with E-state index in [9.17, 15) is 14.1 Å². The molecule has 2 aromatic rings. The van der Waals surface area contributed by atoms with Crippen LogP contribution in [0.4, 0.5) is 5.69 Å². The van der Waals surface area contributed by atoms with Crippen molar-refractivity contribution in [2.24, 2.45) is 17.8 Å². The highest BCUT2D eigenvalue weighted by molar-refractivity contribution is 7.99. The van der Waals surface area contributed by atoms with E-state index in [1.165, 1.54) is 11.1 Å². The molecule has 2 bridgehead atoms. The number of nitrogens with zero attached hydrogens (tertiary/aromatic N) is 1. The molecule has 6 rings (SSSR count). The summed E-state index contributed by atoms with van der Waals surface area (Å²) in [6, 6.07) is 11.7. The summed E-state index contributed by atoms with van der Waals surface area (Å²) in [6.45, 7) is 5.93. The van der Waals surface area contributed by atoms with Gasteiger partial charge < -0.3 is 14.7 Å². The van der Waals surface area contributed by atoms with Gasteiger partial charge in [0.1, 0.15) is 5.75 Å². The third kappa shape index (κ3) is 5.41. The Balaban J connectivity index is 1.42. The molecule has 4 aliphatic rings. The maximum absolute atomic E-state index is 13.6. The molecule has 1 spiro atoms. The van der Waals surface area contributed by atoms with Crippen molar-refractivity contribution < 1.29 is 18.8 Å². The van der Waals surface area contributed by atoms with Gasteiger partial charge in [-0.05, 0) is 111 Å². The molecule has 2 heterocycles. The average molecular weight is 597 g/mol. The Hall–Kier alpha value is -2.48. The minimum atomic E-state index is -2.91. The second kappa shape index (κ2) is 11.0. The van der Waals surface area contributed by atoms with Crippen molar-refractivity contribution in [2.45, 2.75) is 69.1 Å². The second-order valence-corrected chi connectivity index (χ2v) is 15.6. The molecule has 0 radical (unpaired) electrons. The summed E-state index contributed by atoms with van der Waals surface area (Å²) in [6.07, 6.45) is 9.15. The van der Waals surface area contributed by atoms with E-state index >= 15 is 0 Å². The molecule has 7 atom stereocenters. The van der Waals surface area contributed by atoms with Crippen LogP contribution in [0, 0.1) is 17.8 Å². The van der Waals surface area contributed by atoms with Gasteiger partial charge in [0.2, 0.25) is 0 Å². The number of nitrogens with one attached hydrogen (secondary N) is 1. The minimum absolute atomic E-state index is 0.0224. The number of benzene rings is 2. The number of halogens is 1. The zero-order valence-corrected chi connectivity index (χ0v) is 25.6. The van der Waals surface area contributed by atoms with Crippen molar-refractivity contribution in [1.82, 2.24) is 4.72 Å². The van der Waals surface area contributed by atoms with Crippen LogP contribution in [0.2, 0.25) is 5.02 Å². The van der Waals surface area contributed by atoms with Gasteiger partial charge in [0.05, 0.1) is 28.1 Å². The maximum Gasteiger partial charge on any atom is 0.262 e. The number of ether oxygens (including phenoxy) is 1. The first kappa shape index (κ1) is 28.6. The van der Waals surface area contributed by atoms with Crippen LogP contribution in [-0.2, 0) is 21.5 Å². The van der Waals surface area contributed by atoms with Gasteiger partial charge in [-0.15, -0.1) is 0 Å². The second-order valence-electron chi connectivity index (χ2n) is 12.8. The number of rotatable bonds is 0. The maximum atomic E-state index is 13.6. The Labute approximate surface area is 249 Å². The normalized spacial score (nSPS) is 36.1. The standard InChI is InChI=1S/C33H41ClN2O4S/c1-21-6-4-8-30(37)27-12-9-25(27)18-36-19-33(15-5-7-23-16-26(34)11-13-28(23)33)20-40-31-14-10-24(17-29(31)36)32(38)35-41(3,39)22(21)2/h4,8,10-11,13-14,16-17,21-22,25,27,30,37H,3,5-7,9,12,15,18-20H2,1-2H3,(H,35,38,39)/b8-4+/t21-,22+,25-,27+,30-,33-,41?/m0/s1. The lowest BCUT2D eigenvalue weighted by atomic mass is 9.68. The molecule has 1 unspecified atom stereocenters. The molecule has 41 heavy (non-hydrogen) atoms. The number of fused-ring (bicyclic) bond motifs is 4. The van der Waals surface area contributed by atoms with Gasteiger partial charge in [-0.25, -0.2) is 4.21 Å². The Morgan fingerprint density at radius 3 is 2.80 bits per heavy atom. The number of hydrogen-bond donors (Lipinski definition) is 2. The number of aliphatic hydroxyl groups excluding tert-OH is 1. The number of allylic oxidation sites excluding steroid dienone is 1. The Morgan fingerprint density at radius 1 is 1.20 bits per heavy atom. The van der Waals surface area contributed by atoms with E-state index in [1.54, 1.807) is 6.07 Å². The molecule has 6 nitrogen and oxygen atoms in total. The summed E-state index contributed by atoms with van der Waals surface area (Å²) in [5, 5.41) is 11.6. The van der Waals surface area contributed by atoms with Crippen LogP contribution in [0.3, 0.4) is 0 Å². The van der Waals surface area contributed by atoms with Gasteiger partial charge >= 0.3 is 0 Å². The number of carbonyl (C=O) groups is 1. The van der Waals surface area contributed by atoms with E-state index in [0.29, 0.717) is 24.5 Å². The summed E-state index contributed by atoms with van der Waals surface area (Å²) in [4.78, 5) is 15.8. The number of amides is 1. The molecule has 1 amide bonds. The van der Waals surface area contributed by atoms with Crippen LogP contribution in [0.1, 0.15) is 67.4 Å². The third-order valence-electron chi connectivity index (χ3n) is 10.2. The lowest BCUT2D eigenvalue weighted by molar-refractivity contribution is 0.0456. The molecule has 1 saturated carbocycles. The molecule has 2 N–H and O–H groups in total. The Kier molecular flexibility index (Phi) is 7.66. The van der Waals surface area contributed by atoms with Crippen LogP contribution < -0.4 is 14.4 Å². The van der Waals surface area contributed by atoms with E-state index in [-0.39, 0.29) is 28.4 Å². The lowest BCUT2D eigenvalue weighted by Gasteiger charge is -2.45. The van der Waals surface area contributed by atoms with E-state index in [0.717, 1.165) is 61.7 Å². The summed E-state index contributed by atoms with van der Waals surface area (Å²) in [7, 11) is -2.91. The molecule has 2 aliphatic carbocycles. The molecule has 0 saturated heterocycles. The number of aryl methyl sites for hydroxylation is 1. The van der Waals surface area contributed by atoms with Gasteiger partial charge in [0, 0.05) is 34.3 Å². The van der Waals surface area contributed by atoms with Crippen LogP contribution in [0.25, 0.3) is 0 Å². The van der Waals surface area contributed by atoms with Crippen molar-refractivity contribution in [3.63, 3.8) is 0 Å². The number of carbonyl (C=O) groups excluding carboxylic acids is 1. The zero-order valence-electron chi connectivity index (χ0n) is 24.0. The number of anilines is 1. The fourth-order valence-corrected chi connectivity index (χ4v) is 8.93. The molecule has 0 aromatic heterocycles. The fourth-order valence-electron chi connectivity index (χ4n) is 7.26. The van der Waals surface area contributed by atoms with Crippen LogP contribution >= 0.6 is 11.6 Å². The smallest absolute Gasteiger partial charge is 0.262 e. The summed E-state index contributed by atoms with van der Waals surface area (Å²) in [5.74, 6) is 4.82. The number of aliphatic hydroxyl groups is 1. The van der Waals surface area contributed by atoms with Gasteiger partial charge in [-0.1, -0.05) is 36.7 Å². The molecule has 8 heteroatoms. The predicted octanol–water partition coefficient (Wildman–Crippen LogP) is 5.55. The van der Waals surface area contributed by atoms with E-state index in [4.69, 9.17) is 16.3 Å². The first-order chi connectivity index (χ1) is 19.6. The quantitative estimate of drug-likeness (QED) is 0.308. The van der Waals surface area contributed by atoms with Crippen LogP contribution in [0.15, 0.2) is 48.6 Å². The van der Waals surface area contributed by atoms with Crippen LogP contribution in [-0.4, -0.2) is 52.1 Å². The van der Waals surface area contributed by atoms with Crippen molar-refractivity contribution in [1.29, 1.82) is 0 Å². The van der Waals surface area contributed by atoms with Gasteiger partial charge in [0.25, 0.3) is 5.91 Å². The predicted molar refractivity (Wildman–Crippen MR) is 168 cm³/mol. The van der Waals surface area contributed by atoms with E-state index in [1.807, 2.05) is 44.2 Å². The topological polar surface area (TPSA) is 78.9 Å². The third-order valence-corrected chi connectivity index (χ3v) is 12.6. The monoisotopic (exact) mass is 596 g/mol. The van der Waals surface area contributed by atoms with Gasteiger partial charge in [-0.3, -0.25) is 9.52 Å². The first-order valence-corrected chi connectivity index (χ1v) is 17.1. The molecular weight excluding hydrogens is 556 g/mol. The van der Waals surface area contributed by atoms with Crippen molar-refractivity contribution >= 4 is 38.8 Å². The fraction of sp³-hybridized carbons (Fsp3) is 0.515. The van der Waals surface area contributed by atoms with Crippen molar-refractivity contribution in [3.8, 4) is 5.75 Å². The highest BCUT2D eigenvalue weighted by atomic mass is 35.5. The van der Waals surface area contributed by atoms with Crippen molar-refractivity contribution in [3.05, 3.63) is 70.3 Å². The number of hydrogen-bond acceptors (Lipinski definition) is 5. The zero-order chi connectivity index (χ0) is 28.9. The summed E-state index contributed by atoms with van der Waals surface area (Å²) >= 11 is 6.40. The highest BCUT2D eigenvalue weighted by Crippen LogP contribution is 2.46. The SMILES string of the molecule is C=S1(=O)NC(=O)c2ccc3c(c2)N(C[C@@H]2CC[C@H]2[C@@H](O)/C=C/C[C@H](C)[C@H]1C)C[C@@]1(CCCc2cc(Cl)ccc21)CO3. The Bertz CT molecular complexity index is 1470. The molecule has 220 valence electrons. The molecule has 2 aromatic carbocycles. The average Bonchev–Trinajstić information content (AvgIpc) is 3.06. The first-order valence-electron chi connectivity index (χ1n) is 14.9. The minimum Gasteiger partial charge on any atom is -0.490 e. The largest absolute Gasteiger partial charge is 0.490 e. The van der Waals surface area contributed by atoms with Crippen LogP contribution in [0.5, 0.6) is 5.75 Å². The summed E-state index contributed by atoms with van der Waals surface area (Å²) < 4.78 is 22.9. The van der Waals surface area contributed by atoms with E-state index in [2.05, 4.69) is 27.6 Å².